The Balaban J connectivity index is 1.63. The molecule has 162 valence electrons. The van der Waals surface area contributed by atoms with Gasteiger partial charge >= 0.3 is 0 Å². The Kier molecular flexibility index (Phi) is 7.71. The zero-order valence-corrected chi connectivity index (χ0v) is 19.1. The van der Waals surface area contributed by atoms with E-state index in [1.165, 1.54) is 5.56 Å². The van der Waals surface area contributed by atoms with Crippen LogP contribution in [0.4, 0.5) is 0 Å². The lowest BCUT2D eigenvalue weighted by atomic mass is 10.1. The Morgan fingerprint density at radius 3 is 2.72 bits per heavy atom. The summed E-state index contributed by atoms with van der Waals surface area (Å²) in [5.41, 5.74) is 1.34. The zero-order chi connectivity index (χ0) is 20.9. The molecule has 2 fully saturated rings. The maximum Gasteiger partial charge on any atom is 0.194 e. The molecule has 0 saturated carbocycles. The van der Waals surface area contributed by atoms with Gasteiger partial charge in [0.2, 0.25) is 0 Å². The number of guanidine groups is 1. The highest BCUT2D eigenvalue weighted by Gasteiger charge is 2.41. The van der Waals surface area contributed by atoms with Crippen LogP contribution in [0.15, 0.2) is 35.3 Å². The van der Waals surface area contributed by atoms with Crippen molar-refractivity contribution in [3.63, 3.8) is 0 Å². The van der Waals surface area contributed by atoms with E-state index in [4.69, 9.17) is 9.73 Å². The van der Waals surface area contributed by atoms with Crippen molar-refractivity contribution in [2.45, 2.75) is 51.1 Å². The fraction of sp³-hybridized carbons (Fsp3) is 0.682. The normalized spacial score (nSPS) is 24.4. The van der Waals surface area contributed by atoms with Crippen molar-refractivity contribution in [3.8, 4) is 0 Å². The van der Waals surface area contributed by atoms with Crippen molar-refractivity contribution in [1.82, 2.24) is 15.1 Å². The van der Waals surface area contributed by atoms with Gasteiger partial charge < -0.3 is 15.0 Å². The molecule has 0 bridgehead atoms. The van der Waals surface area contributed by atoms with Crippen LogP contribution in [-0.4, -0.2) is 81.9 Å². The first-order valence-electron chi connectivity index (χ1n) is 10.7. The van der Waals surface area contributed by atoms with Crippen LogP contribution >= 0.6 is 0 Å². The van der Waals surface area contributed by atoms with E-state index in [0.717, 1.165) is 45.3 Å². The molecule has 2 saturated heterocycles. The van der Waals surface area contributed by atoms with Gasteiger partial charge in [-0.1, -0.05) is 30.3 Å². The molecule has 29 heavy (non-hydrogen) atoms. The first-order valence-corrected chi connectivity index (χ1v) is 12.0. The maximum atomic E-state index is 12.3. The van der Waals surface area contributed by atoms with Crippen LogP contribution in [0.2, 0.25) is 0 Å². The van der Waals surface area contributed by atoms with E-state index in [2.05, 4.69) is 52.4 Å². The molecule has 0 radical (unpaired) electrons. The van der Waals surface area contributed by atoms with E-state index in [1.807, 2.05) is 20.8 Å². The Morgan fingerprint density at radius 2 is 2.03 bits per heavy atom. The topological polar surface area (TPSA) is 57.2 Å². The molecule has 3 atom stereocenters. The predicted octanol–water partition coefficient (Wildman–Crippen LogP) is 2.08. The number of nitrogens with zero attached hydrogens (tertiary/aromatic N) is 3. The van der Waals surface area contributed by atoms with Gasteiger partial charge in [0.1, 0.15) is 0 Å². The highest BCUT2D eigenvalue weighted by molar-refractivity contribution is 7.86. The van der Waals surface area contributed by atoms with Gasteiger partial charge in [0, 0.05) is 54.0 Å². The van der Waals surface area contributed by atoms with E-state index in [9.17, 15) is 4.21 Å². The summed E-state index contributed by atoms with van der Waals surface area (Å²) in [6.07, 6.45) is 0.208. The monoisotopic (exact) mass is 420 g/mol. The number of fused-ring (bicyclic) bond motifs is 1. The quantitative estimate of drug-likeness (QED) is 0.564. The Bertz CT molecular complexity index is 705. The summed E-state index contributed by atoms with van der Waals surface area (Å²) in [5.74, 6) is 1.51. The summed E-state index contributed by atoms with van der Waals surface area (Å²) in [6, 6.07) is 11.0. The number of benzene rings is 1. The zero-order valence-electron chi connectivity index (χ0n) is 18.3. The molecular formula is C22H36N4O2S. The fourth-order valence-corrected chi connectivity index (χ4v) is 4.78. The standard InChI is InChI=1S/C22H36N4O2S/c1-5-23-21(24-11-14-29(27)22(2,3)4)26-16-19-20(17-26)28-13-12-25(19)15-18-9-7-6-8-10-18/h6-10,19-20H,5,11-17H2,1-4H3,(H,23,24). The second kappa shape index (κ2) is 10.0. The average molecular weight is 421 g/mol. The van der Waals surface area contributed by atoms with Gasteiger partial charge in [-0.05, 0) is 33.3 Å². The van der Waals surface area contributed by atoms with E-state index in [0.29, 0.717) is 18.3 Å². The maximum absolute atomic E-state index is 12.3. The van der Waals surface area contributed by atoms with E-state index >= 15 is 0 Å². The number of hydrogen-bond acceptors (Lipinski definition) is 4. The molecule has 0 spiro atoms. The summed E-state index contributed by atoms with van der Waals surface area (Å²) >= 11 is 0. The molecule has 3 rings (SSSR count). The van der Waals surface area contributed by atoms with Crippen molar-refractivity contribution in [1.29, 1.82) is 0 Å². The first kappa shape index (κ1) is 22.2. The number of nitrogens with one attached hydrogen (secondary N) is 1. The Hall–Kier alpha value is -1.44. The summed E-state index contributed by atoms with van der Waals surface area (Å²) in [4.78, 5) is 9.63. The highest BCUT2D eigenvalue weighted by atomic mass is 32.2. The molecule has 0 aromatic heterocycles. The SMILES string of the molecule is CCNC(=NCCS(=O)C(C)(C)C)N1CC2OCCN(Cc3ccccc3)C2C1. The third kappa shape index (κ3) is 6.03. The molecule has 0 amide bonds. The largest absolute Gasteiger partial charge is 0.373 e. The molecule has 2 aliphatic heterocycles. The second-order valence-electron chi connectivity index (χ2n) is 8.74. The number of rotatable bonds is 6. The lowest BCUT2D eigenvalue weighted by molar-refractivity contribution is -0.0502. The summed E-state index contributed by atoms with van der Waals surface area (Å²) in [5, 5.41) is 3.41. The summed E-state index contributed by atoms with van der Waals surface area (Å²) in [7, 11) is -0.881. The lowest BCUT2D eigenvalue weighted by Gasteiger charge is -2.36. The van der Waals surface area contributed by atoms with Gasteiger partial charge in [-0.2, -0.15) is 0 Å². The van der Waals surface area contributed by atoms with Crippen LogP contribution in [0.25, 0.3) is 0 Å². The average Bonchev–Trinajstić information content (AvgIpc) is 3.12. The van der Waals surface area contributed by atoms with Crippen LogP contribution in [0, 0.1) is 0 Å². The number of likely N-dealkylation sites (tertiary alicyclic amines) is 1. The number of aliphatic imine (C=N–C) groups is 1. The summed E-state index contributed by atoms with van der Waals surface area (Å²) in [6.45, 7) is 14.0. The first-order chi connectivity index (χ1) is 13.9. The number of ether oxygens (including phenoxy) is 1. The lowest BCUT2D eigenvalue weighted by Crippen LogP contribution is -2.50. The molecule has 1 aromatic carbocycles. The Morgan fingerprint density at radius 1 is 1.28 bits per heavy atom. The third-order valence-corrected chi connectivity index (χ3v) is 7.42. The molecular weight excluding hydrogens is 384 g/mol. The van der Waals surface area contributed by atoms with Gasteiger partial charge in [-0.25, -0.2) is 0 Å². The molecule has 6 nitrogen and oxygen atoms in total. The fourth-order valence-electron chi connectivity index (χ4n) is 3.91. The third-order valence-electron chi connectivity index (χ3n) is 5.50. The highest BCUT2D eigenvalue weighted by Crippen LogP contribution is 2.24. The molecule has 7 heteroatoms. The molecule has 1 aromatic rings. The van der Waals surface area contributed by atoms with Gasteiger partial charge in [0.15, 0.2) is 5.96 Å². The molecule has 3 unspecified atom stereocenters. The molecule has 1 N–H and O–H groups in total. The van der Waals surface area contributed by atoms with E-state index in [-0.39, 0.29) is 10.9 Å². The Labute approximate surface area is 178 Å². The molecule has 2 aliphatic rings. The van der Waals surface area contributed by atoms with E-state index < -0.39 is 10.8 Å². The van der Waals surface area contributed by atoms with Crippen molar-refractivity contribution < 1.29 is 8.95 Å². The van der Waals surface area contributed by atoms with Crippen molar-refractivity contribution in [2.24, 2.45) is 4.99 Å². The minimum absolute atomic E-state index is 0.192. The predicted molar refractivity (Wildman–Crippen MR) is 121 cm³/mol. The van der Waals surface area contributed by atoms with Crippen LogP contribution in [0.3, 0.4) is 0 Å². The minimum Gasteiger partial charge on any atom is -0.373 e. The van der Waals surface area contributed by atoms with E-state index in [1.54, 1.807) is 0 Å². The van der Waals surface area contributed by atoms with Crippen LogP contribution < -0.4 is 5.32 Å². The van der Waals surface area contributed by atoms with Gasteiger partial charge in [-0.15, -0.1) is 0 Å². The van der Waals surface area contributed by atoms with Gasteiger partial charge in [0.05, 0.1) is 25.3 Å². The van der Waals surface area contributed by atoms with Gasteiger partial charge in [-0.3, -0.25) is 14.1 Å². The minimum atomic E-state index is -0.881. The van der Waals surface area contributed by atoms with Crippen molar-refractivity contribution in [3.05, 3.63) is 35.9 Å². The van der Waals surface area contributed by atoms with Gasteiger partial charge in [0.25, 0.3) is 0 Å². The van der Waals surface area contributed by atoms with Crippen LogP contribution in [-0.2, 0) is 22.1 Å². The summed E-state index contributed by atoms with van der Waals surface area (Å²) < 4.78 is 18.2. The van der Waals surface area contributed by atoms with Crippen molar-refractivity contribution in [2.75, 3.05) is 45.1 Å². The second-order valence-corrected chi connectivity index (χ2v) is 11.1. The van der Waals surface area contributed by atoms with Crippen molar-refractivity contribution >= 4 is 16.8 Å². The van der Waals surface area contributed by atoms with Crippen LogP contribution in [0.1, 0.15) is 33.3 Å². The van der Waals surface area contributed by atoms with Crippen LogP contribution in [0.5, 0.6) is 0 Å². The molecule has 0 aliphatic carbocycles. The molecule has 2 heterocycles. The smallest absolute Gasteiger partial charge is 0.194 e. The number of hydrogen-bond donors (Lipinski definition) is 1. The number of morpholine rings is 1.